The molecule has 0 radical (unpaired) electrons. The molecule has 248 valence electrons. The zero-order valence-corrected chi connectivity index (χ0v) is 26.0. The van der Waals surface area contributed by atoms with Crippen molar-refractivity contribution in [1.29, 1.82) is 0 Å². The monoisotopic (exact) mass is 706 g/mol. The van der Waals surface area contributed by atoms with Crippen LogP contribution in [0.25, 0.3) is 22.2 Å². The van der Waals surface area contributed by atoms with E-state index in [9.17, 15) is 33.4 Å². The number of nitrogen functional groups attached to an aromatic ring is 1. The predicted molar refractivity (Wildman–Crippen MR) is 153 cm³/mol. The summed E-state index contributed by atoms with van der Waals surface area (Å²) in [6, 6.07) is 0. The lowest BCUT2D eigenvalue weighted by atomic mass is 10.1. The Morgan fingerprint density at radius 1 is 0.957 bits per heavy atom. The van der Waals surface area contributed by atoms with Gasteiger partial charge in [0.1, 0.15) is 53.9 Å². The topological polar surface area (TPSA) is 260 Å². The quantitative estimate of drug-likeness (QED) is 0.133. The molecule has 7 rings (SSSR count). The number of aryl methyl sites for hydroxylation is 1. The molecule has 10 atom stereocenters. The Balaban J connectivity index is 1.21. The molecule has 4 aromatic rings. The van der Waals surface area contributed by atoms with E-state index < -0.39 is 93.7 Å². The van der Waals surface area contributed by atoms with Crippen molar-refractivity contribution < 1.29 is 56.2 Å². The maximum Gasteiger partial charge on any atom is 0.472 e. The zero-order chi connectivity index (χ0) is 32.7. The first-order valence-electron chi connectivity index (χ1n) is 13.4. The molecule has 46 heavy (non-hydrogen) atoms. The molecule has 3 fully saturated rings. The third kappa shape index (κ3) is 5.37. The van der Waals surface area contributed by atoms with E-state index in [1.807, 2.05) is 0 Å². The highest BCUT2D eigenvalue weighted by Crippen LogP contribution is 2.58. The van der Waals surface area contributed by atoms with E-state index in [-0.39, 0.29) is 22.6 Å². The predicted octanol–water partition coefficient (Wildman–Crippen LogP) is -0.232. The van der Waals surface area contributed by atoms with E-state index in [1.165, 1.54) is 17.9 Å². The van der Waals surface area contributed by atoms with Gasteiger partial charge >= 0.3 is 14.6 Å². The first-order valence-corrected chi connectivity index (χ1v) is 17.6. The molecule has 24 heteroatoms. The van der Waals surface area contributed by atoms with E-state index in [1.54, 1.807) is 0 Å². The van der Waals surface area contributed by atoms with Crippen molar-refractivity contribution in [3.05, 3.63) is 41.3 Å². The number of phosphoric ester groups is 1. The Morgan fingerprint density at radius 2 is 1.70 bits per heavy atom. The standard InChI is InChI=1S/C22H25FN8O12P2S/c1-29-6-28-18-11(20(29)34)8(23)2-30(18)22-16-13(32)9(40-22)3-39-45(37,46)43-15-10(4-38-44(35,36)42-16)41-21(14(15)33)31-7-27-12-17(24)25-5-26-19(12)31/h2,5-7,9-10,13-16,21-22,32-33H,3-4H2,1H3,(H,35,36)(H,37,46)(H2,24,25,26)/t9-,10-,13-,14-,15-,16-,21-,22-,45?/m1/s1. The minimum atomic E-state index is -5.13. The fourth-order valence-corrected chi connectivity index (χ4v) is 7.97. The number of phosphoric acid groups is 1. The molecule has 0 aliphatic carbocycles. The number of aliphatic hydroxyl groups is 2. The van der Waals surface area contributed by atoms with E-state index >= 15 is 0 Å². The lowest BCUT2D eigenvalue weighted by molar-refractivity contribution is -0.0636. The van der Waals surface area contributed by atoms with Crippen LogP contribution in [0.4, 0.5) is 10.2 Å². The molecule has 4 aromatic heterocycles. The molecule has 7 heterocycles. The van der Waals surface area contributed by atoms with Gasteiger partial charge in [-0.05, 0) is 0 Å². The number of aliphatic hydroxyl groups excluding tert-OH is 2. The van der Waals surface area contributed by atoms with Crippen molar-refractivity contribution in [3.8, 4) is 0 Å². The van der Waals surface area contributed by atoms with Crippen LogP contribution in [0.15, 0.2) is 30.0 Å². The number of aromatic nitrogens is 7. The van der Waals surface area contributed by atoms with Crippen LogP contribution >= 0.6 is 26.9 Å². The number of hydrogen-bond acceptors (Lipinski definition) is 16. The second-order valence-corrected chi connectivity index (χ2v) is 14.9. The number of thiol groups is 1. The van der Waals surface area contributed by atoms with Crippen LogP contribution in [0.3, 0.4) is 0 Å². The van der Waals surface area contributed by atoms with Crippen molar-refractivity contribution >= 4 is 54.9 Å². The van der Waals surface area contributed by atoms with Gasteiger partial charge in [0, 0.05) is 13.2 Å². The summed E-state index contributed by atoms with van der Waals surface area (Å²) in [5.74, 6) is -0.931. The highest BCUT2D eigenvalue weighted by molar-refractivity contribution is 8.44. The highest BCUT2D eigenvalue weighted by atomic mass is 32.7. The van der Waals surface area contributed by atoms with Crippen molar-refractivity contribution in [2.45, 2.75) is 49.1 Å². The number of anilines is 1. The third-order valence-electron chi connectivity index (χ3n) is 7.72. The van der Waals surface area contributed by atoms with Gasteiger partial charge in [-0.25, -0.2) is 33.5 Å². The molecule has 20 nitrogen and oxygen atoms in total. The van der Waals surface area contributed by atoms with Crippen molar-refractivity contribution in [2.75, 3.05) is 18.9 Å². The molecule has 0 saturated carbocycles. The maximum atomic E-state index is 14.9. The maximum absolute atomic E-state index is 14.9. The number of rotatable bonds is 2. The smallest absolute Gasteiger partial charge is 0.387 e. The SMILES string of the molecule is Cn1cnc2c(c(F)cn2[C@@H]2O[C@@H]3COP(=O)(S)O[C@H]4[C@@H](O)[C@H](n5cnc6c(N)ncnc65)O[C@@H]4COP(=O)(O)O[C@@H]2[C@@H]3O)c1=O. The minimum absolute atomic E-state index is 0.0521. The van der Waals surface area contributed by atoms with Crippen LogP contribution in [-0.2, 0) is 43.7 Å². The van der Waals surface area contributed by atoms with Crippen LogP contribution in [0, 0.1) is 5.82 Å². The lowest BCUT2D eigenvalue weighted by Crippen LogP contribution is -2.36. The lowest BCUT2D eigenvalue weighted by Gasteiger charge is -2.26. The van der Waals surface area contributed by atoms with Crippen LogP contribution in [-0.4, -0.2) is 98.6 Å². The van der Waals surface area contributed by atoms with Crippen LogP contribution < -0.4 is 11.3 Å². The summed E-state index contributed by atoms with van der Waals surface area (Å²) in [7, 11) is -3.76. The zero-order valence-electron chi connectivity index (χ0n) is 23.3. The summed E-state index contributed by atoms with van der Waals surface area (Å²) in [5.41, 5.74) is 5.28. The van der Waals surface area contributed by atoms with Gasteiger partial charge in [0.25, 0.3) is 5.56 Å². The second-order valence-electron chi connectivity index (χ2n) is 10.6. The molecule has 2 bridgehead atoms. The Bertz CT molecular complexity index is 2000. The molecular formula is C22H25FN8O12P2S. The number of imidazole rings is 1. The third-order valence-corrected chi connectivity index (χ3v) is 10.3. The molecular weight excluding hydrogens is 681 g/mol. The molecule has 3 saturated heterocycles. The van der Waals surface area contributed by atoms with Gasteiger partial charge in [-0.1, -0.05) is 12.2 Å². The first kappa shape index (κ1) is 31.7. The van der Waals surface area contributed by atoms with E-state index in [2.05, 4.69) is 32.2 Å². The summed E-state index contributed by atoms with van der Waals surface area (Å²) >= 11 is 4.00. The van der Waals surface area contributed by atoms with E-state index in [0.717, 1.165) is 28.0 Å². The van der Waals surface area contributed by atoms with Crippen molar-refractivity contribution in [1.82, 2.24) is 33.6 Å². The first-order chi connectivity index (χ1) is 21.7. The van der Waals surface area contributed by atoms with Gasteiger partial charge < -0.3 is 39.4 Å². The van der Waals surface area contributed by atoms with Gasteiger partial charge in [0.05, 0.1) is 25.9 Å². The fraction of sp³-hybridized carbons (Fsp3) is 0.500. The molecule has 0 spiro atoms. The summed E-state index contributed by atoms with van der Waals surface area (Å²) in [5, 5.41) is 21.9. The second kappa shape index (κ2) is 11.4. The molecule has 3 aliphatic heterocycles. The Kier molecular flexibility index (Phi) is 7.86. The van der Waals surface area contributed by atoms with Gasteiger partial charge in [-0.15, -0.1) is 0 Å². The van der Waals surface area contributed by atoms with Gasteiger partial charge in [0.2, 0.25) is 0 Å². The number of fused-ring (bicyclic) bond motifs is 5. The highest BCUT2D eigenvalue weighted by Gasteiger charge is 2.53. The Labute approximate surface area is 261 Å². The van der Waals surface area contributed by atoms with Crippen LogP contribution in [0.5, 0.6) is 0 Å². The van der Waals surface area contributed by atoms with Crippen molar-refractivity contribution in [3.63, 3.8) is 0 Å². The number of nitrogens with zero attached hydrogens (tertiary/aromatic N) is 7. The summed E-state index contributed by atoms with van der Waals surface area (Å²) in [4.78, 5) is 39.4. The number of ether oxygens (including phenoxy) is 2. The number of nitrogens with two attached hydrogens (primary N) is 1. The molecule has 5 N–H and O–H groups in total. The average molecular weight is 706 g/mol. The van der Waals surface area contributed by atoms with Gasteiger partial charge in [-0.3, -0.25) is 27.5 Å². The number of hydrogen-bond donors (Lipinski definition) is 5. The minimum Gasteiger partial charge on any atom is -0.387 e. The Morgan fingerprint density at radius 3 is 2.48 bits per heavy atom. The largest absolute Gasteiger partial charge is 0.472 e. The molecule has 2 unspecified atom stereocenters. The van der Waals surface area contributed by atoms with Crippen LogP contribution in [0.2, 0.25) is 0 Å². The molecule has 0 amide bonds. The average Bonchev–Trinajstić information content (AvgIpc) is 3.73. The molecule has 0 aromatic carbocycles. The molecule has 3 aliphatic rings. The van der Waals surface area contributed by atoms with Gasteiger partial charge in [-0.2, -0.15) is 0 Å². The van der Waals surface area contributed by atoms with E-state index in [4.69, 9.17) is 33.3 Å². The van der Waals surface area contributed by atoms with E-state index in [0.29, 0.717) is 0 Å². The van der Waals surface area contributed by atoms with Crippen LogP contribution in [0.1, 0.15) is 12.5 Å². The summed E-state index contributed by atoms with van der Waals surface area (Å²) in [6.45, 7) is -5.89. The van der Waals surface area contributed by atoms with Gasteiger partial charge in [0.15, 0.2) is 35.4 Å². The van der Waals surface area contributed by atoms with Crippen molar-refractivity contribution in [2.24, 2.45) is 7.05 Å². The Hall–Kier alpha value is -2.85. The normalized spacial score (nSPS) is 37.2. The summed E-state index contributed by atoms with van der Waals surface area (Å²) in [6.07, 6.45) is -7.93. The number of halogens is 1. The fourth-order valence-electron chi connectivity index (χ4n) is 5.54. The summed E-state index contributed by atoms with van der Waals surface area (Å²) < 4.78 is 78.1.